The van der Waals surface area contributed by atoms with Crippen LogP contribution in [0.3, 0.4) is 0 Å². The van der Waals surface area contributed by atoms with E-state index in [2.05, 4.69) is 55.0 Å². The monoisotopic (exact) mass is 396 g/mol. The van der Waals surface area contributed by atoms with Gasteiger partial charge in [-0.1, -0.05) is 97.0 Å². The van der Waals surface area contributed by atoms with Gasteiger partial charge in [-0.2, -0.15) is 8.42 Å². The molecule has 0 bridgehead atoms. The predicted molar refractivity (Wildman–Crippen MR) is 115 cm³/mol. The fourth-order valence-electron chi connectivity index (χ4n) is 4.73. The van der Waals surface area contributed by atoms with Gasteiger partial charge in [0.2, 0.25) is 0 Å². The minimum Gasteiger partial charge on any atom is -0.285 e. The van der Waals surface area contributed by atoms with E-state index in [1.165, 1.54) is 6.08 Å². The first-order chi connectivity index (χ1) is 11.7. The second kappa shape index (κ2) is 7.99. The SMILES string of the molecule is C=CC(c1ccccc1)([Si](CC(C)C)(CC(C)C)C(C)(C)C)S(=O)(=O)O. The summed E-state index contributed by atoms with van der Waals surface area (Å²) in [6, 6.07) is 10.8. The van der Waals surface area contributed by atoms with Crippen LogP contribution in [0.2, 0.25) is 17.1 Å². The lowest BCUT2D eigenvalue weighted by Gasteiger charge is -2.55. The van der Waals surface area contributed by atoms with E-state index in [1.54, 1.807) is 0 Å². The van der Waals surface area contributed by atoms with E-state index >= 15 is 0 Å². The maximum atomic E-state index is 13.1. The lowest BCUT2D eigenvalue weighted by atomic mass is 10.1. The van der Waals surface area contributed by atoms with Gasteiger partial charge < -0.3 is 0 Å². The molecule has 0 fully saturated rings. The highest BCUT2D eigenvalue weighted by atomic mass is 32.2. The molecule has 0 heterocycles. The molecule has 0 amide bonds. The number of rotatable bonds is 8. The van der Waals surface area contributed by atoms with Gasteiger partial charge in [-0.3, -0.25) is 4.55 Å². The topological polar surface area (TPSA) is 54.4 Å². The van der Waals surface area contributed by atoms with E-state index < -0.39 is 22.6 Å². The number of hydrogen-bond acceptors (Lipinski definition) is 2. The third kappa shape index (κ3) is 4.00. The van der Waals surface area contributed by atoms with Crippen molar-refractivity contribution in [1.82, 2.24) is 0 Å². The molecule has 0 radical (unpaired) electrons. The summed E-state index contributed by atoms with van der Waals surface area (Å²) in [6.45, 7) is 18.9. The van der Waals surface area contributed by atoms with Crippen molar-refractivity contribution in [3.8, 4) is 0 Å². The molecule has 26 heavy (non-hydrogen) atoms. The van der Waals surface area contributed by atoms with Gasteiger partial charge in [0.1, 0.15) is 4.37 Å². The molecule has 0 aliphatic rings. The Morgan fingerprint density at radius 3 is 1.73 bits per heavy atom. The van der Waals surface area contributed by atoms with Gasteiger partial charge >= 0.3 is 0 Å². The molecule has 0 aromatic heterocycles. The zero-order valence-corrected chi connectivity index (χ0v) is 19.2. The highest BCUT2D eigenvalue weighted by molar-refractivity contribution is 7.89. The molecule has 0 aliphatic carbocycles. The van der Waals surface area contributed by atoms with E-state index in [1.807, 2.05) is 30.3 Å². The Bertz CT molecular complexity index is 693. The summed E-state index contributed by atoms with van der Waals surface area (Å²) in [5.74, 6) is 0.647. The smallest absolute Gasteiger partial charge is 0.275 e. The zero-order chi connectivity index (χ0) is 20.4. The summed E-state index contributed by atoms with van der Waals surface area (Å²) in [5.41, 5.74) is 0.639. The molecular weight excluding hydrogens is 360 g/mol. The van der Waals surface area contributed by atoms with E-state index in [-0.39, 0.29) is 5.04 Å². The van der Waals surface area contributed by atoms with Crippen molar-refractivity contribution in [1.29, 1.82) is 0 Å². The Morgan fingerprint density at radius 2 is 1.46 bits per heavy atom. The molecule has 0 aliphatic heterocycles. The van der Waals surface area contributed by atoms with Crippen LogP contribution in [0.25, 0.3) is 0 Å². The first kappa shape index (κ1) is 23.1. The third-order valence-corrected chi connectivity index (χ3v) is 16.5. The molecule has 3 nitrogen and oxygen atoms in total. The lowest BCUT2D eigenvalue weighted by molar-refractivity contribution is 0.460. The molecule has 0 spiro atoms. The molecule has 1 aromatic rings. The lowest BCUT2D eigenvalue weighted by Crippen LogP contribution is -2.65. The normalized spacial score (nSPS) is 15.9. The van der Waals surface area contributed by atoms with Crippen LogP contribution in [0.5, 0.6) is 0 Å². The molecule has 0 saturated heterocycles. The quantitative estimate of drug-likeness (QED) is 0.330. The molecule has 5 heteroatoms. The molecular formula is C21H36O3SSi. The number of hydrogen-bond donors (Lipinski definition) is 1. The summed E-state index contributed by atoms with van der Waals surface area (Å²) in [4.78, 5) is 0. The van der Waals surface area contributed by atoms with Crippen LogP contribution < -0.4 is 0 Å². The van der Waals surface area contributed by atoms with Gasteiger partial charge in [0, 0.05) is 0 Å². The molecule has 1 N–H and O–H groups in total. The van der Waals surface area contributed by atoms with Crippen LogP contribution in [0.4, 0.5) is 0 Å². The van der Waals surface area contributed by atoms with Crippen molar-refractivity contribution < 1.29 is 13.0 Å². The average Bonchev–Trinajstić information content (AvgIpc) is 2.45. The van der Waals surface area contributed by atoms with Crippen molar-refractivity contribution in [2.45, 2.75) is 70.0 Å². The van der Waals surface area contributed by atoms with Crippen LogP contribution >= 0.6 is 0 Å². The third-order valence-electron chi connectivity index (χ3n) is 5.56. The Morgan fingerprint density at radius 1 is 1.04 bits per heavy atom. The first-order valence-corrected chi connectivity index (χ1v) is 13.3. The van der Waals surface area contributed by atoms with Gasteiger partial charge in [0.15, 0.2) is 0 Å². The maximum absolute atomic E-state index is 13.1. The van der Waals surface area contributed by atoms with Crippen molar-refractivity contribution in [3.05, 3.63) is 48.6 Å². The van der Waals surface area contributed by atoms with Crippen molar-refractivity contribution >= 4 is 18.2 Å². The van der Waals surface area contributed by atoms with Crippen LogP contribution in [-0.4, -0.2) is 21.0 Å². The van der Waals surface area contributed by atoms with E-state index in [0.717, 1.165) is 12.1 Å². The standard InChI is InChI=1S/C21H36O3SSi/c1-9-21(25(22,23)24,19-13-11-10-12-14-19)26(15-17(2)3,16-18(4)5)20(6,7)8/h9-14,17-18H,1,15-16H2,2-8H3,(H,22,23,24). The molecule has 1 unspecified atom stereocenters. The molecule has 1 atom stereocenters. The van der Waals surface area contributed by atoms with Crippen LogP contribution in [-0.2, 0) is 14.5 Å². The van der Waals surface area contributed by atoms with Crippen LogP contribution in [0.15, 0.2) is 43.0 Å². The maximum Gasteiger partial charge on any atom is 0.275 e. The van der Waals surface area contributed by atoms with Crippen molar-refractivity contribution in [2.75, 3.05) is 0 Å². The van der Waals surface area contributed by atoms with Gasteiger partial charge in [-0.15, -0.1) is 6.58 Å². The van der Waals surface area contributed by atoms with E-state index in [4.69, 9.17) is 0 Å². The average molecular weight is 397 g/mol. The number of benzene rings is 1. The highest BCUT2D eigenvalue weighted by Gasteiger charge is 2.64. The second-order valence-corrected chi connectivity index (χ2v) is 16.5. The van der Waals surface area contributed by atoms with Crippen LogP contribution in [0, 0.1) is 11.8 Å². The Balaban J connectivity index is 4.09. The minimum absolute atomic E-state index is 0.249. The molecule has 1 aromatic carbocycles. The molecule has 0 saturated carbocycles. The van der Waals surface area contributed by atoms with E-state index in [0.29, 0.717) is 17.4 Å². The van der Waals surface area contributed by atoms with Gasteiger partial charge in [0.25, 0.3) is 10.1 Å². The fraction of sp³-hybridized carbons (Fsp3) is 0.619. The second-order valence-electron chi connectivity index (χ2n) is 9.31. The molecule has 1 rings (SSSR count). The van der Waals surface area contributed by atoms with Crippen molar-refractivity contribution in [3.63, 3.8) is 0 Å². The van der Waals surface area contributed by atoms with Crippen molar-refractivity contribution in [2.24, 2.45) is 11.8 Å². The summed E-state index contributed by atoms with van der Waals surface area (Å²) in [5, 5.41) is -0.249. The predicted octanol–water partition coefficient (Wildman–Crippen LogP) is 6.06. The summed E-state index contributed by atoms with van der Waals surface area (Å²) < 4.78 is 35.3. The van der Waals surface area contributed by atoms with Gasteiger partial charge in [-0.25, -0.2) is 0 Å². The summed E-state index contributed by atoms with van der Waals surface area (Å²) >= 11 is 0. The first-order valence-electron chi connectivity index (χ1n) is 9.41. The summed E-state index contributed by atoms with van der Waals surface area (Å²) in [7, 11) is -7.15. The zero-order valence-electron chi connectivity index (χ0n) is 17.4. The largest absolute Gasteiger partial charge is 0.285 e. The minimum atomic E-state index is -4.42. The Hall–Kier alpha value is -0.913. The van der Waals surface area contributed by atoms with E-state index in [9.17, 15) is 13.0 Å². The Kier molecular flexibility index (Phi) is 7.11. The highest BCUT2D eigenvalue weighted by Crippen LogP contribution is 2.57. The Labute approximate surface area is 161 Å². The van der Waals surface area contributed by atoms with Gasteiger partial charge in [0.05, 0.1) is 8.07 Å². The molecule has 148 valence electrons. The fourth-order valence-corrected chi connectivity index (χ4v) is 15.8. The van der Waals surface area contributed by atoms with Crippen LogP contribution in [0.1, 0.15) is 54.0 Å². The summed E-state index contributed by atoms with van der Waals surface area (Å²) in [6.07, 6.45) is 1.53. The van der Waals surface area contributed by atoms with Gasteiger partial charge in [-0.05, 0) is 22.4 Å².